The molecular weight excluding hydrogens is 274 g/mol. The van der Waals surface area contributed by atoms with Crippen molar-refractivity contribution in [2.75, 3.05) is 5.32 Å². The number of anilines is 1. The van der Waals surface area contributed by atoms with Gasteiger partial charge >= 0.3 is 0 Å². The van der Waals surface area contributed by atoms with Gasteiger partial charge in [0.25, 0.3) is 0 Å². The lowest BCUT2D eigenvalue weighted by molar-refractivity contribution is -0.118. The van der Waals surface area contributed by atoms with Crippen LogP contribution < -0.4 is 11.1 Å². The van der Waals surface area contributed by atoms with E-state index < -0.39 is 0 Å². The summed E-state index contributed by atoms with van der Waals surface area (Å²) < 4.78 is 0. The Morgan fingerprint density at radius 3 is 2.95 bits per heavy atom. The molecule has 1 saturated carbocycles. The van der Waals surface area contributed by atoms with Crippen molar-refractivity contribution >= 4 is 34.1 Å². The zero-order chi connectivity index (χ0) is 14.2. The summed E-state index contributed by atoms with van der Waals surface area (Å²) in [4.78, 5) is 16.4. The van der Waals surface area contributed by atoms with Crippen LogP contribution in [0.25, 0.3) is 10.9 Å². The van der Waals surface area contributed by atoms with Gasteiger partial charge in [-0.2, -0.15) is 0 Å². The summed E-state index contributed by atoms with van der Waals surface area (Å²) in [6.45, 7) is 0. The number of benzene rings is 1. The van der Waals surface area contributed by atoms with Crippen LogP contribution in [0.15, 0.2) is 30.5 Å². The molecule has 1 aliphatic rings. The second kappa shape index (κ2) is 5.04. The number of nitrogens with zero attached hydrogens (tertiary/aromatic N) is 1. The van der Waals surface area contributed by atoms with Gasteiger partial charge in [0.1, 0.15) is 0 Å². The maximum atomic E-state index is 12.1. The minimum atomic E-state index is -0.327. The van der Waals surface area contributed by atoms with Gasteiger partial charge in [-0.05, 0) is 37.5 Å². The Kier molecular flexibility index (Phi) is 3.36. The molecule has 0 radical (unpaired) electrons. The van der Waals surface area contributed by atoms with Gasteiger partial charge in [-0.25, -0.2) is 0 Å². The molecule has 1 heterocycles. The van der Waals surface area contributed by atoms with Crippen molar-refractivity contribution in [3.63, 3.8) is 0 Å². The third-order valence-corrected chi connectivity index (χ3v) is 4.02. The van der Waals surface area contributed by atoms with E-state index in [9.17, 15) is 4.79 Å². The fourth-order valence-electron chi connectivity index (χ4n) is 2.57. The average Bonchev–Trinajstić information content (AvgIpc) is 2.36. The molecule has 1 aliphatic carbocycles. The quantitative estimate of drug-likeness (QED) is 0.912. The molecule has 1 fully saturated rings. The molecule has 4 nitrogen and oxygen atoms in total. The molecule has 3 rings (SSSR count). The molecule has 0 atom stereocenters. The summed E-state index contributed by atoms with van der Waals surface area (Å²) in [6, 6.07) is 7.31. The summed E-state index contributed by atoms with van der Waals surface area (Å²) in [6.07, 6.45) is 4.96. The van der Waals surface area contributed by atoms with E-state index in [1.54, 1.807) is 12.3 Å². The van der Waals surface area contributed by atoms with Crippen LogP contribution in [0.3, 0.4) is 0 Å². The van der Waals surface area contributed by atoms with E-state index in [0.29, 0.717) is 17.1 Å². The number of nitrogens with two attached hydrogens (primary N) is 1. The molecule has 5 heteroatoms. The van der Waals surface area contributed by atoms with Crippen molar-refractivity contribution in [2.45, 2.75) is 31.2 Å². The molecule has 0 unspecified atom stereocenters. The second-order valence-electron chi connectivity index (χ2n) is 5.47. The average molecular weight is 290 g/mol. The summed E-state index contributed by atoms with van der Waals surface area (Å²) in [5, 5.41) is 4.36. The Morgan fingerprint density at radius 1 is 1.45 bits per heavy atom. The van der Waals surface area contributed by atoms with E-state index in [0.717, 1.165) is 30.2 Å². The molecule has 0 saturated heterocycles. The maximum Gasteiger partial charge on any atom is 0.226 e. The zero-order valence-electron chi connectivity index (χ0n) is 11.0. The molecule has 104 valence electrons. The van der Waals surface area contributed by atoms with Crippen LogP contribution in [0, 0.1) is 0 Å². The number of halogens is 1. The number of hydrogen-bond acceptors (Lipinski definition) is 3. The van der Waals surface area contributed by atoms with Crippen molar-refractivity contribution in [1.82, 2.24) is 4.98 Å². The number of rotatable bonds is 3. The first-order valence-corrected chi connectivity index (χ1v) is 7.07. The van der Waals surface area contributed by atoms with Gasteiger partial charge in [0.2, 0.25) is 5.91 Å². The third kappa shape index (κ3) is 2.62. The van der Waals surface area contributed by atoms with Gasteiger partial charge in [0.05, 0.1) is 11.2 Å². The minimum absolute atomic E-state index is 0.0820. The molecule has 1 aromatic heterocycles. The Labute approximate surface area is 122 Å². The number of amides is 1. The molecule has 2 aromatic rings. The normalized spacial score (nSPS) is 16.7. The first-order chi connectivity index (χ1) is 9.56. The van der Waals surface area contributed by atoms with Crippen LogP contribution >= 0.6 is 11.6 Å². The number of carbonyl (C=O) groups is 1. The summed E-state index contributed by atoms with van der Waals surface area (Å²) in [5.41, 5.74) is 7.15. The van der Waals surface area contributed by atoms with Crippen LogP contribution in [0.4, 0.5) is 5.69 Å². The highest BCUT2D eigenvalue weighted by Crippen LogP contribution is 2.33. The first-order valence-electron chi connectivity index (χ1n) is 6.69. The van der Waals surface area contributed by atoms with E-state index in [1.807, 2.05) is 18.2 Å². The number of nitrogens with one attached hydrogen (secondary N) is 1. The Balaban J connectivity index is 1.84. The minimum Gasteiger partial charge on any atom is -0.325 e. The Morgan fingerprint density at radius 2 is 2.25 bits per heavy atom. The maximum absolute atomic E-state index is 12.1. The van der Waals surface area contributed by atoms with Gasteiger partial charge in [0.15, 0.2) is 0 Å². The highest BCUT2D eigenvalue weighted by atomic mass is 35.5. The standard InChI is InChI=1S/C15H16ClN3O/c16-11-7-10-3-1-6-18-14(10)12(8-11)19-13(20)9-15(17)4-2-5-15/h1,3,6-8H,2,4-5,9,17H2,(H,19,20). The number of fused-ring (bicyclic) bond motifs is 1. The van der Waals surface area contributed by atoms with Gasteiger partial charge in [0, 0.05) is 28.6 Å². The predicted octanol–water partition coefficient (Wildman–Crippen LogP) is 3.10. The lowest BCUT2D eigenvalue weighted by Crippen LogP contribution is -2.48. The molecular formula is C15H16ClN3O. The van der Waals surface area contributed by atoms with Crippen molar-refractivity contribution in [1.29, 1.82) is 0 Å². The van der Waals surface area contributed by atoms with Gasteiger partial charge in [-0.15, -0.1) is 0 Å². The highest BCUT2D eigenvalue weighted by molar-refractivity contribution is 6.32. The van der Waals surface area contributed by atoms with Crippen LogP contribution in [-0.2, 0) is 4.79 Å². The lowest BCUT2D eigenvalue weighted by Gasteiger charge is -2.37. The molecule has 0 spiro atoms. The zero-order valence-corrected chi connectivity index (χ0v) is 11.8. The molecule has 1 aromatic carbocycles. The Bertz CT molecular complexity index is 667. The summed E-state index contributed by atoms with van der Waals surface area (Å²) >= 11 is 6.08. The van der Waals surface area contributed by atoms with Gasteiger partial charge in [-0.3, -0.25) is 9.78 Å². The number of pyridine rings is 1. The fraction of sp³-hybridized carbons (Fsp3) is 0.333. The van der Waals surface area contributed by atoms with Crippen molar-refractivity contribution in [2.24, 2.45) is 5.73 Å². The molecule has 1 amide bonds. The van der Waals surface area contributed by atoms with Crippen LogP contribution in [-0.4, -0.2) is 16.4 Å². The van der Waals surface area contributed by atoms with E-state index in [-0.39, 0.29) is 11.4 Å². The van der Waals surface area contributed by atoms with Crippen molar-refractivity contribution < 1.29 is 4.79 Å². The second-order valence-corrected chi connectivity index (χ2v) is 5.91. The van der Waals surface area contributed by atoms with Crippen molar-refractivity contribution in [3.8, 4) is 0 Å². The van der Waals surface area contributed by atoms with Crippen LogP contribution in [0.1, 0.15) is 25.7 Å². The number of carbonyl (C=O) groups excluding carboxylic acids is 1. The molecule has 0 aliphatic heterocycles. The number of hydrogen-bond donors (Lipinski definition) is 2. The largest absolute Gasteiger partial charge is 0.325 e. The monoisotopic (exact) mass is 289 g/mol. The van der Waals surface area contributed by atoms with E-state index in [1.165, 1.54) is 0 Å². The summed E-state index contributed by atoms with van der Waals surface area (Å²) in [5.74, 6) is -0.0820. The predicted molar refractivity (Wildman–Crippen MR) is 80.8 cm³/mol. The van der Waals surface area contributed by atoms with Crippen LogP contribution in [0.5, 0.6) is 0 Å². The number of aromatic nitrogens is 1. The van der Waals surface area contributed by atoms with E-state index in [2.05, 4.69) is 10.3 Å². The summed E-state index contributed by atoms with van der Waals surface area (Å²) in [7, 11) is 0. The Hall–Kier alpha value is -1.65. The van der Waals surface area contributed by atoms with Crippen molar-refractivity contribution in [3.05, 3.63) is 35.5 Å². The molecule has 20 heavy (non-hydrogen) atoms. The molecule has 3 N–H and O–H groups in total. The SMILES string of the molecule is NC1(CC(=O)Nc2cc(Cl)cc3cccnc23)CCC1. The highest BCUT2D eigenvalue weighted by Gasteiger charge is 2.34. The van der Waals surface area contributed by atoms with Crippen LogP contribution in [0.2, 0.25) is 5.02 Å². The topological polar surface area (TPSA) is 68.0 Å². The van der Waals surface area contributed by atoms with Gasteiger partial charge < -0.3 is 11.1 Å². The van der Waals surface area contributed by atoms with E-state index in [4.69, 9.17) is 17.3 Å². The first kappa shape index (κ1) is 13.3. The van der Waals surface area contributed by atoms with Gasteiger partial charge in [-0.1, -0.05) is 17.7 Å². The fourth-order valence-corrected chi connectivity index (χ4v) is 2.80. The molecule has 0 bridgehead atoms. The smallest absolute Gasteiger partial charge is 0.226 e. The van der Waals surface area contributed by atoms with E-state index >= 15 is 0 Å². The lowest BCUT2D eigenvalue weighted by atomic mass is 9.75. The third-order valence-electron chi connectivity index (χ3n) is 3.81.